The molecule has 144 valence electrons. The van der Waals surface area contributed by atoms with Crippen molar-refractivity contribution in [3.63, 3.8) is 0 Å². The van der Waals surface area contributed by atoms with Crippen molar-refractivity contribution in [3.8, 4) is 17.2 Å². The maximum atomic E-state index is 11.8. The van der Waals surface area contributed by atoms with Gasteiger partial charge in [0.2, 0.25) is 5.91 Å². The van der Waals surface area contributed by atoms with E-state index in [1.54, 1.807) is 12.1 Å². The van der Waals surface area contributed by atoms with Gasteiger partial charge in [-0.05, 0) is 77.7 Å². The fourth-order valence-electron chi connectivity index (χ4n) is 2.25. The molecule has 7 heteroatoms. The zero-order valence-electron chi connectivity index (χ0n) is 15.4. The lowest BCUT2D eigenvalue weighted by Gasteiger charge is -2.08. The number of hydrazone groups is 1. The van der Waals surface area contributed by atoms with Crippen LogP contribution in [-0.2, 0) is 4.79 Å². The number of aryl methyl sites for hydroxylation is 1. The van der Waals surface area contributed by atoms with Crippen LogP contribution >= 0.6 is 15.9 Å². The third-order valence-corrected chi connectivity index (χ3v) is 4.20. The molecule has 0 aliphatic heterocycles. The van der Waals surface area contributed by atoms with E-state index in [2.05, 4.69) is 26.5 Å². The highest BCUT2D eigenvalue weighted by Crippen LogP contribution is 2.26. The van der Waals surface area contributed by atoms with Crippen molar-refractivity contribution in [1.82, 2.24) is 5.43 Å². The number of nitrogens with one attached hydrogen (secondary N) is 1. The molecule has 27 heavy (non-hydrogen) atoms. The van der Waals surface area contributed by atoms with E-state index in [9.17, 15) is 9.90 Å². The standard InChI is InChI=1S/C20H23BrN2O4/c1-3-26-19-12-15(7-8-17(19)24)13-22-23-20(25)5-4-10-27-18-9-6-14(2)11-16(18)21/h6-9,11-13,24H,3-5,10H2,1-2H3,(H,23,25)/b22-13+. The second kappa shape index (κ2) is 10.6. The van der Waals surface area contributed by atoms with Gasteiger partial charge in [0, 0.05) is 6.42 Å². The summed E-state index contributed by atoms with van der Waals surface area (Å²) in [6.07, 6.45) is 2.38. The molecule has 0 saturated carbocycles. The molecule has 2 aromatic rings. The molecular weight excluding hydrogens is 412 g/mol. The lowest BCUT2D eigenvalue weighted by Crippen LogP contribution is -2.18. The van der Waals surface area contributed by atoms with E-state index >= 15 is 0 Å². The van der Waals surface area contributed by atoms with Crippen LogP contribution in [-0.4, -0.2) is 30.4 Å². The highest BCUT2D eigenvalue weighted by Gasteiger charge is 2.04. The maximum Gasteiger partial charge on any atom is 0.240 e. The number of hydrogen-bond donors (Lipinski definition) is 2. The minimum absolute atomic E-state index is 0.0678. The van der Waals surface area contributed by atoms with Gasteiger partial charge in [-0.1, -0.05) is 6.07 Å². The molecule has 2 aromatic carbocycles. The second-order valence-electron chi connectivity index (χ2n) is 5.84. The Kier molecular flexibility index (Phi) is 8.13. The molecule has 0 fully saturated rings. The number of hydrogen-bond acceptors (Lipinski definition) is 5. The lowest BCUT2D eigenvalue weighted by molar-refractivity contribution is -0.121. The number of aromatic hydroxyl groups is 1. The minimum atomic E-state index is -0.193. The van der Waals surface area contributed by atoms with E-state index in [1.807, 2.05) is 32.0 Å². The van der Waals surface area contributed by atoms with E-state index in [0.717, 1.165) is 15.8 Å². The van der Waals surface area contributed by atoms with E-state index in [0.29, 0.717) is 37.4 Å². The average Bonchev–Trinajstić information content (AvgIpc) is 2.63. The van der Waals surface area contributed by atoms with Gasteiger partial charge in [-0.2, -0.15) is 5.10 Å². The van der Waals surface area contributed by atoms with Crippen LogP contribution in [0.25, 0.3) is 0 Å². The van der Waals surface area contributed by atoms with E-state index in [4.69, 9.17) is 9.47 Å². The zero-order chi connectivity index (χ0) is 19.6. The predicted octanol–water partition coefficient (Wildman–Crippen LogP) is 4.17. The van der Waals surface area contributed by atoms with Crippen molar-refractivity contribution >= 4 is 28.1 Å². The third kappa shape index (κ3) is 6.94. The molecule has 0 bridgehead atoms. The largest absolute Gasteiger partial charge is 0.504 e. The number of nitrogens with zero attached hydrogens (tertiary/aromatic N) is 1. The number of carbonyl (C=O) groups excluding carboxylic acids is 1. The first-order valence-corrected chi connectivity index (χ1v) is 9.45. The Morgan fingerprint density at radius 1 is 1.22 bits per heavy atom. The van der Waals surface area contributed by atoms with Crippen LogP contribution in [0.3, 0.4) is 0 Å². The number of phenols is 1. The van der Waals surface area contributed by atoms with Crippen LogP contribution in [0.5, 0.6) is 17.2 Å². The van der Waals surface area contributed by atoms with Crippen molar-refractivity contribution in [1.29, 1.82) is 0 Å². The van der Waals surface area contributed by atoms with Crippen LogP contribution in [0, 0.1) is 6.92 Å². The van der Waals surface area contributed by atoms with Gasteiger partial charge in [0.05, 0.1) is 23.9 Å². The lowest BCUT2D eigenvalue weighted by atomic mass is 10.2. The summed E-state index contributed by atoms with van der Waals surface area (Å²) in [5.74, 6) is 1.02. The topological polar surface area (TPSA) is 80.2 Å². The molecule has 0 aliphatic rings. The van der Waals surface area contributed by atoms with Crippen LogP contribution in [0.4, 0.5) is 0 Å². The Labute approximate surface area is 167 Å². The summed E-state index contributed by atoms with van der Waals surface area (Å²) in [5, 5.41) is 13.6. The number of benzene rings is 2. The summed E-state index contributed by atoms with van der Waals surface area (Å²) in [5.41, 5.74) is 4.34. The van der Waals surface area contributed by atoms with Crippen LogP contribution in [0.15, 0.2) is 46.0 Å². The monoisotopic (exact) mass is 434 g/mol. The molecule has 0 spiro atoms. The quantitative estimate of drug-likeness (QED) is 0.352. The number of amides is 1. The molecule has 0 radical (unpaired) electrons. The van der Waals surface area contributed by atoms with Gasteiger partial charge in [0.1, 0.15) is 5.75 Å². The van der Waals surface area contributed by atoms with Crippen molar-refractivity contribution in [2.24, 2.45) is 5.10 Å². The van der Waals surface area contributed by atoms with Gasteiger partial charge >= 0.3 is 0 Å². The summed E-state index contributed by atoms with van der Waals surface area (Å²) in [6, 6.07) is 10.7. The summed E-state index contributed by atoms with van der Waals surface area (Å²) in [6.45, 7) is 4.73. The van der Waals surface area contributed by atoms with Crippen molar-refractivity contribution in [2.75, 3.05) is 13.2 Å². The third-order valence-electron chi connectivity index (χ3n) is 3.58. The normalized spacial score (nSPS) is 10.8. The molecule has 6 nitrogen and oxygen atoms in total. The molecule has 2 N–H and O–H groups in total. The Hall–Kier alpha value is -2.54. The molecule has 2 rings (SSSR count). The molecule has 0 aliphatic carbocycles. The molecule has 0 aromatic heterocycles. The smallest absolute Gasteiger partial charge is 0.240 e. The van der Waals surface area contributed by atoms with Gasteiger partial charge in [-0.3, -0.25) is 4.79 Å². The molecule has 0 atom stereocenters. The highest BCUT2D eigenvalue weighted by molar-refractivity contribution is 9.10. The molecule has 1 amide bonds. The van der Waals surface area contributed by atoms with Gasteiger partial charge in [0.15, 0.2) is 11.5 Å². The summed E-state index contributed by atoms with van der Waals surface area (Å²) in [7, 11) is 0. The summed E-state index contributed by atoms with van der Waals surface area (Å²) >= 11 is 3.46. The van der Waals surface area contributed by atoms with Crippen molar-refractivity contribution in [3.05, 3.63) is 52.0 Å². The predicted molar refractivity (Wildman–Crippen MR) is 109 cm³/mol. The van der Waals surface area contributed by atoms with E-state index < -0.39 is 0 Å². The first-order chi connectivity index (χ1) is 13.0. The van der Waals surface area contributed by atoms with Crippen LogP contribution in [0.2, 0.25) is 0 Å². The van der Waals surface area contributed by atoms with Crippen LogP contribution < -0.4 is 14.9 Å². The number of ether oxygens (including phenoxy) is 2. The van der Waals surface area contributed by atoms with Gasteiger partial charge < -0.3 is 14.6 Å². The Morgan fingerprint density at radius 2 is 2.04 bits per heavy atom. The van der Waals surface area contributed by atoms with Crippen molar-refractivity contribution < 1.29 is 19.4 Å². The van der Waals surface area contributed by atoms with Crippen molar-refractivity contribution in [2.45, 2.75) is 26.7 Å². The highest BCUT2D eigenvalue weighted by atomic mass is 79.9. The number of rotatable bonds is 9. The first kappa shape index (κ1) is 20.8. The molecule has 0 heterocycles. The number of carbonyl (C=O) groups is 1. The molecule has 0 saturated heterocycles. The average molecular weight is 435 g/mol. The van der Waals surface area contributed by atoms with E-state index in [1.165, 1.54) is 12.3 Å². The van der Waals surface area contributed by atoms with Crippen LogP contribution in [0.1, 0.15) is 30.9 Å². The Morgan fingerprint density at radius 3 is 2.78 bits per heavy atom. The minimum Gasteiger partial charge on any atom is -0.504 e. The van der Waals surface area contributed by atoms with Gasteiger partial charge in [-0.15, -0.1) is 0 Å². The SMILES string of the molecule is CCOc1cc(/C=N/NC(=O)CCCOc2ccc(C)cc2Br)ccc1O. The van der Waals surface area contributed by atoms with Gasteiger partial charge in [0.25, 0.3) is 0 Å². The number of phenolic OH excluding ortho intramolecular Hbond substituents is 1. The summed E-state index contributed by atoms with van der Waals surface area (Å²) < 4.78 is 11.9. The first-order valence-electron chi connectivity index (χ1n) is 8.66. The molecular formula is C20H23BrN2O4. The maximum absolute atomic E-state index is 11.8. The zero-order valence-corrected chi connectivity index (χ0v) is 17.0. The fraction of sp³-hybridized carbons (Fsp3) is 0.300. The fourth-order valence-corrected chi connectivity index (χ4v) is 2.86. The van der Waals surface area contributed by atoms with E-state index in [-0.39, 0.29) is 11.7 Å². The Bertz CT molecular complexity index is 809. The van der Waals surface area contributed by atoms with Gasteiger partial charge in [-0.25, -0.2) is 5.43 Å². The Balaban J connectivity index is 1.73. The molecule has 0 unspecified atom stereocenters. The summed E-state index contributed by atoms with van der Waals surface area (Å²) in [4.78, 5) is 11.8. The second-order valence-corrected chi connectivity index (χ2v) is 6.69. The number of halogens is 1.